The molecule has 0 aliphatic carbocycles. The van der Waals surface area contributed by atoms with Gasteiger partial charge in [-0.25, -0.2) is 4.98 Å². The smallest absolute Gasteiger partial charge is 0.124 e. The van der Waals surface area contributed by atoms with Crippen LogP contribution in [0, 0.1) is 0 Å². The van der Waals surface area contributed by atoms with E-state index in [9.17, 15) is 0 Å². The first-order chi connectivity index (χ1) is 4.74. The summed E-state index contributed by atoms with van der Waals surface area (Å²) in [5.74, 6) is 0.559. The first-order valence-corrected chi connectivity index (χ1v) is 3.93. The molecule has 0 radical (unpaired) electrons. The van der Waals surface area contributed by atoms with Crippen LogP contribution in [0.25, 0.3) is 0 Å². The van der Waals surface area contributed by atoms with Crippen LogP contribution in [-0.2, 0) is 6.42 Å². The van der Waals surface area contributed by atoms with Gasteiger partial charge < -0.3 is 5.73 Å². The van der Waals surface area contributed by atoms with Gasteiger partial charge in [-0.15, -0.1) is 0 Å². The van der Waals surface area contributed by atoms with E-state index < -0.39 is 0 Å². The van der Waals surface area contributed by atoms with Gasteiger partial charge >= 0.3 is 0 Å². The third-order valence-electron chi connectivity index (χ3n) is 1.33. The average Bonchev–Trinajstić information content (AvgIpc) is 1.88. The molecule has 54 valence electrons. The highest BCUT2D eigenvalue weighted by molar-refractivity contribution is 9.10. The van der Waals surface area contributed by atoms with E-state index in [1.807, 2.05) is 6.07 Å². The number of nitrogens with zero attached hydrogens (tertiary/aromatic N) is 1. The fourth-order valence-corrected chi connectivity index (χ4v) is 1.35. The van der Waals surface area contributed by atoms with E-state index in [2.05, 4.69) is 27.8 Å². The molecule has 3 heteroatoms. The zero-order chi connectivity index (χ0) is 7.56. The molecule has 0 saturated carbocycles. The Morgan fingerprint density at radius 1 is 1.70 bits per heavy atom. The van der Waals surface area contributed by atoms with Gasteiger partial charge in [0.15, 0.2) is 0 Å². The Hall–Kier alpha value is -0.570. The molecule has 0 aliphatic rings. The summed E-state index contributed by atoms with van der Waals surface area (Å²) in [5.41, 5.74) is 6.63. The van der Waals surface area contributed by atoms with Crippen LogP contribution >= 0.6 is 15.9 Å². The molecule has 0 fully saturated rings. The van der Waals surface area contributed by atoms with Crippen molar-refractivity contribution in [1.29, 1.82) is 0 Å². The number of anilines is 1. The summed E-state index contributed by atoms with van der Waals surface area (Å²) >= 11 is 3.39. The van der Waals surface area contributed by atoms with Gasteiger partial charge in [-0.2, -0.15) is 0 Å². The van der Waals surface area contributed by atoms with E-state index in [4.69, 9.17) is 5.73 Å². The lowest BCUT2D eigenvalue weighted by Crippen LogP contribution is -1.91. The SMILES string of the molecule is CCc1cnc(N)cc1Br. The van der Waals surface area contributed by atoms with Crippen molar-refractivity contribution in [3.05, 3.63) is 22.3 Å². The van der Waals surface area contributed by atoms with E-state index in [1.54, 1.807) is 6.20 Å². The van der Waals surface area contributed by atoms with E-state index in [1.165, 1.54) is 5.56 Å². The molecule has 0 unspecified atom stereocenters. The molecule has 0 spiro atoms. The lowest BCUT2D eigenvalue weighted by Gasteiger charge is -1.99. The molecule has 0 amide bonds. The number of aryl methyl sites for hydroxylation is 1. The summed E-state index contributed by atoms with van der Waals surface area (Å²) in [5, 5.41) is 0. The maximum Gasteiger partial charge on any atom is 0.124 e. The number of hydrogen-bond acceptors (Lipinski definition) is 2. The van der Waals surface area contributed by atoms with Crippen molar-refractivity contribution in [3.63, 3.8) is 0 Å². The largest absolute Gasteiger partial charge is 0.384 e. The first kappa shape index (κ1) is 7.54. The van der Waals surface area contributed by atoms with Crippen LogP contribution in [0.4, 0.5) is 5.82 Å². The van der Waals surface area contributed by atoms with Crippen LogP contribution < -0.4 is 5.73 Å². The normalized spacial score (nSPS) is 9.80. The Morgan fingerprint density at radius 3 is 2.90 bits per heavy atom. The highest BCUT2D eigenvalue weighted by Gasteiger charge is 1.96. The van der Waals surface area contributed by atoms with Gasteiger partial charge in [0.05, 0.1) is 0 Å². The fraction of sp³-hybridized carbons (Fsp3) is 0.286. The molecule has 0 aliphatic heterocycles. The fourth-order valence-electron chi connectivity index (χ4n) is 0.734. The van der Waals surface area contributed by atoms with Gasteiger partial charge in [0.1, 0.15) is 5.82 Å². The summed E-state index contributed by atoms with van der Waals surface area (Å²) in [6, 6.07) is 1.82. The van der Waals surface area contributed by atoms with E-state index in [0.29, 0.717) is 5.82 Å². The lowest BCUT2D eigenvalue weighted by molar-refractivity contribution is 1.09. The summed E-state index contributed by atoms with van der Waals surface area (Å²) in [7, 11) is 0. The first-order valence-electron chi connectivity index (χ1n) is 3.14. The van der Waals surface area contributed by atoms with Crippen LogP contribution in [0.1, 0.15) is 12.5 Å². The minimum atomic E-state index is 0.559. The van der Waals surface area contributed by atoms with Gasteiger partial charge in [0.25, 0.3) is 0 Å². The lowest BCUT2D eigenvalue weighted by atomic mass is 10.2. The maximum absolute atomic E-state index is 5.44. The molecule has 2 N–H and O–H groups in total. The molecule has 1 rings (SSSR count). The minimum Gasteiger partial charge on any atom is -0.384 e. The standard InChI is InChI=1S/C7H9BrN2/c1-2-5-4-10-7(9)3-6(5)8/h3-4H,2H2,1H3,(H2,9,10). The Morgan fingerprint density at radius 2 is 2.40 bits per heavy atom. The summed E-state index contributed by atoms with van der Waals surface area (Å²) < 4.78 is 1.04. The highest BCUT2D eigenvalue weighted by atomic mass is 79.9. The minimum absolute atomic E-state index is 0.559. The Labute approximate surface area is 68.6 Å². The average molecular weight is 201 g/mol. The van der Waals surface area contributed by atoms with Gasteiger partial charge in [-0.3, -0.25) is 0 Å². The number of pyridine rings is 1. The second kappa shape index (κ2) is 3.01. The number of aromatic nitrogens is 1. The van der Waals surface area contributed by atoms with Crippen LogP contribution in [0.3, 0.4) is 0 Å². The van der Waals surface area contributed by atoms with Crippen molar-refractivity contribution in [2.45, 2.75) is 13.3 Å². The molecule has 0 saturated heterocycles. The third kappa shape index (κ3) is 1.48. The monoisotopic (exact) mass is 200 g/mol. The number of nitrogens with two attached hydrogens (primary N) is 1. The Bertz CT molecular complexity index is 235. The summed E-state index contributed by atoms with van der Waals surface area (Å²) in [6.45, 7) is 2.08. The van der Waals surface area contributed by atoms with Gasteiger partial charge in [0, 0.05) is 10.7 Å². The van der Waals surface area contributed by atoms with Crippen molar-refractivity contribution in [2.24, 2.45) is 0 Å². The summed E-state index contributed by atoms with van der Waals surface area (Å²) in [6.07, 6.45) is 2.77. The van der Waals surface area contributed by atoms with Crippen molar-refractivity contribution in [3.8, 4) is 0 Å². The van der Waals surface area contributed by atoms with E-state index in [-0.39, 0.29) is 0 Å². The Balaban J connectivity index is 3.07. The molecular weight excluding hydrogens is 192 g/mol. The molecule has 10 heavy (non-hydrogen) atoms. The quantitative estimate of drug-likeness (QED) is 0.754. The topological polar surface area (TPSA) is 38.9 Å². The molecule has 0 atom stereocenters. The van der Waals surface area contributed by atoms with Gasteiger partial charge in [-0.05, 0) is 18.1 Å². The maximum atomic E-state index is 5.44. The highest BCUT2D eigenvalue weighted by Crippen LogP contribution is 2.17. The van der Waals surface area contributed by atoms with Crippen LogP contribution in [-0.4, -0.2) is 4.98 Å². The van der Waals surface area contributed by atoms with Crippen molar-refractivity contribution in [2.75, 3.05) is 5.73 Å². The molecule has 1 aromatic heterocycles. The molecule has 0 bridgehead atoms. The predicted molar refractivity (Wildman–Crippen MR) is 45.7 cm³/mol. The predicted octanol–water partition coefficient (Wildman–Crippen LogP) is 1.99. The second-order valence-electron chi connectivity index (χ2n) is 2.05. The molecule has 1 heterocycles. The van der Waals surface area contributed by atoms with Gasteiger partial charge in [-0.1, -0.05) is 22.9 Å². The van der Waals surface area contributed by atoms with Crippen molar-refractivity contribution < 1.29 is 0 Å². The Kier molecular flexibility index (Phi) is 2.27. The van der Waals surface area contributed by atoms with Crippen LogP contribution in [0.2, 0.25) is 0 Å². The van der Waals surface area contributed by atoms with Crippen LogP contribution in [0.15, 0.2) is 16.7 Å². The number of halogens is 1. The zero-order valence-electron chi connectivity index (χ0n) is 5.76. The number of nitrogen functional groups attached to an aromatic ring is 1. The number of rotatable bonds is 1. The molecular formula is C7H9BrN2. The van der Waals surface area contributed by atoms with E-state index in [0.717, 1.165) is 10.9 Å². The van der Waals surface area contributed by atoms with E-state index >= 15 is 0 Å². The third-order valence-corrected chi connectivity index (χ3v) is 2.07. The molecule has 0 aromatic carbocycles. The summed E-state index contributed by atoms with van der Waals surface area (Å²) in [4.78, 5) is 3.96. The number of hydrogen-bond donors (Lipinski definition) is 1. The van der Waals surface area contributed by atoms with Crippen LogP contribution in [0.5, 0.6) is 0 Å². The van der Waals surface area contributed by atoms with Crippen molar-refractivity contribution >= 4 is 21.7 Å². The zero-order valence-corrected chi connectivity index (χ0v) is 7.35. The molecule has 1 aromatic rings. The van der Waals surface area contributed by atoms with Gasteiger partial charge in [0.2, 0.25) is 0 Å². The second-order valence-corrected chi connectivity index (χ2v) is 2.91. The molecule has 2 nitrogen and oxygen atoms in total. The van der Waals surface area contributed by atoms with Crippen molar-refractivity contribution in [1.82, 2.24) is 4.98 Å².